The van der Waals surface area contributed by atoms with Crippen molar-refractivity contribution in [1.29, 1.82) is 0 Å². The predicted octanol–water partition coefficient (Wildman–Crippen LogP) is 1.39. The highest BCUT2D eigenvalue weighted by Gasteiger charge is 2.24. The molecule has 30 heavy (non-hydrogen) atoms. The van der Waals surface area contributed by atoms with E-state index in [0.29, 0.717) is 11.5 Å². The van der Waals surface area contributed by atoms with E-state index in [1.807, 2.05) is 30.0 Å². The van der Waals surface area contributed by atoms with Crippen molar-refractivity contribution in [1.82, 2.24) is 4.90 Å². The number of hydrogen-bond donors (Lipinski definition) is 1. The van der Waals surface area contributed by atoms with Crippen LogP contribution in [0, 0.1) is 6.92 Å². The summed E-state index contributed by atoms with van der Waals surface area (Å²) in [5.74, 6) is 1.40. The number of nitrogens with one attached hydrogen (secondary N) is 1. The first-order valence-corrected chi connectivity index (χ1v) is 10.3. The Bertz CT molecular complexity index is 936. The molecule has 2 aromatic rings. The second-order valence-electron chi connectivity index (χ2n) is 7.81. The van der Waals surface area contributed by atoms with Gasteiger partial charge in [0.15, 0.2) is 18.1 Å². The van der Waals surface area contributed by atoms with Crippen LogP contribution in [-0.2, 0) is 16.2 Å². The number of hydrogen-bond acceptors (Lipinski definition) is 5. The molecule has 0 aromatic heterocycles. The first-order chi connectivity index (χ1) is 14.6. The Balaban J connectivity index is 1.22. The van der Waals surface area contributed by atoms with Gasteiger partial charge < -0.3 is 24.1 Å². The van der Waals surface area contributed by atoms with Gasteiger partial charge in [0.2, 0.25) is 6.79 Å². The third-order valence-electron chi connectivity index (χ3n) is 5.54. The molecule has 0 spiro atoms. The topological polar surface area (TPSA) is 64.8 Å². The van der Waals surface area contributed by atoms with Gasteiger partial charge in [-0.05, 0) is 32.0 Å². The second-order valence-corrected chi connectivity index (χ2v) is 7.81. The minimum Gasteiger partial charge on any atom is -0.454 e. The molecule has 1 amide bonds. The number of carbonyl (C=O) groups is 1. The highest BCUT2D eigenvalue weighted by molar-refractivity contribution is 5.99. The number of aryl methyl sites for hydroxylation is 1. The normalized spacial score (nSPS) is 16.6. The van der Waals surface area contributed by atoms with Crippen LogP contribution in [0.3, 0.4) is 0 Å². The van der Waals surface area contributed by atoms with Crippen LogP contribution >= 0.6 is 0 Å². The number of quaternary nitrogens is 1. The van der Waals surface area contributed by atoms with Gasteiger partial charge in [-0.2, -0.15) is 0 Å². The minimum atomic E-state index is -0.0465. The minimum absolute atomic E-state index is 0.0214. The third-order valence-corrected chi connectivity index (χ3v) is 5.54. The zero-order valence-electron chi connectivity index (χ0n) is 17.5. The highest BCUT2D eigenvalue weighted by Crippen LogP contribution is 2.32. The monoisotopic (exact) mass is 410 g/mol. The highest BCUT2D eigenvalue weighted by atomic mass is 16.7. The number of nitrogens with zero attached hydrogens (tertiary/aromatic N) is 2. The fraction of sp³-hybridized carbons (Fsp3) is 0.391. The van der Waals surface area contributed by atoms with E-state index in [0.717, 1.165) is 44.0 Å². The lowest BCUT2D eigenvalue weighted by Crippen LogP contribution is -3.13. The summed E-state index contributed by atoms with van der Waals surface area (Å²) in [4.78, 5) is 21.2. The maximum Gasteiger partial charge on any atom is 0.263 e. The number of carbonyl (C=O) groups excluding carboxylic acids is 1. The van der Waals surface area contributed by atoms with Crippen LogP contribution in [0.15, 0.2) is 47.6 Å². The van der Waals surface area contributed by atoms with E-state index in [-0.39, 0.29) is 19.3 Å². The third kappa shape index (κ3) is 4.91. The molecule has 0 atom stereocenters. The Morgan fingerprint density at radius 3 is 2.73 bits per heavy atom. The molecule has 0 radical (unpaired) electrons. The van der Waals surface area contributed by atoms with Crippen molar-refractivity contribution >= 4 is 11.6 Å². The number of piperazine rings is 1. The molecule has 2 aromatic carbocycles. The number of fused-ring (bicyclic) bond motifs is 1. The molecule has 7 heteroatoms. The summed E-state index contributed by atoms with van der Waals surface area (Å²) >= 11 is 0. The molecule has 1 N–H and O–H groups in total. The van der Waals surface area contributed by atoms with Crippen molar-refractivity contribution in [3.8, 4) is 11.5 Å². The lowest BCUT2D eigenvalue weighted by Gasteiger charge is -2.32. The van der Waals surface area contributed by atoms with Crippen LogP contribution in [0.4, 0.5) is 0 Å². The van der Waals surface area contributed by atoms with Crippen molar-refractivity contribution in [2.75, 3.05) is 39.6 Å². The van der Waals surface area contributed by atoms with E-state index in [1.165, 1.54) is 16.0 Å². The molecular weight excluding hydrogens is 382 g/mol. The molecule has 0 unspecified atom stereocenters. The van der Waals surface area contributed by atoms with Gasteiger partial charge in [0.05, 0.1) is 31.9 Å². The lowest BCUT2D eigenvalue weighted by molar-refractivity contribution is -0.917. The first kappa shape index (κ1) is 20.2. The maximum atomic E-state index is 12.5. The number of benzene rings is 2. The number of ether oxygens (including phenoxy) is 2. The van der Waals surface area contributed by atoms with E-state index >= 15 is 0 Å². The van der Waals surface area contributed by atoms with E-state index < -0.39 is 0 Å². The van der Waals surface area contributed by atoms with Crippen LogP contribution in [0.2, 0.25) is 0 Å². The van der Waals surface area contributed by atoms with Gasteiger partial charge >= 0.3 is 0 Å². The molecule has 2 aliphatic rings. The molecule has 0 aliphatic carbocycles. The van der Waals surface area contributed by atoms with Crippen LogP contribution < -0.4 is 14.4 Å². The fourth-order valence-corrected chi connectivity index (χ4v) is 3.81. The van der Waals surface area contributed by atoms with Gasteiger partial charge in [-0.3, -0.25) is 4.79 Å². The van der Waals surface area contributed by atoms with Crippen molar-refractivity contribution in [2.24, 2.45) is 5.16 Å². The summed E-state index contributed by atoms with van der Waals surface area (Å²) in [6.45, 7) is 8.52. The van der Waals surface area contributed by atoms with Gasteiger partial charge in [-0.1, -0.05) is 35.0 Å². The summed E-state index contributed by atoms with van der Waals surface area (Å²) in [5, 5.41) is 4.10. The average Bonchev–Trinajstić information content (AvgIpc) is 3.22. The van der Waals surface area contributed by atoms with E-state index in [2.05, 4.69) is 36.3 Å². The molecule has 158 valence electrons. The van der Waals surface area contributed by atoms with E-state index in [9.17, 15) is 4.79 Å². The number of amides is 1. The second kappa shape index (κ2) is 9.17. The van der Waals surface area contributed by atoms with Crippen molar-refractivity contribution in [3.63, 3.8) is 0 Å². The smallest absolute Gasteiger partial charge is 0.263 e. The van der Waals surface area contributed by atoms with E-state index in [4.69, 9.17) is 14.3 Å². The molecule has 0 saturated carbocycles. The Kier molecular flexibility index (Phi) is 6.18. The number of rotatable bonds is 6. The Hall–Kier alpha value is -3.06. The Morgan fingerprint density at radius 2 is 1.93 bits per heavy atom. The summed E-state index contributed by atoms with van der Waals surface area (Å²) in [6.07, 6.45) is 0. The van der Waals surface area contributed by atoms with Gasteiger partial charge in [0.1, 0.15) is 6.54 Å². The van der Waals surface area contributed by atoms with Gasteiger partial charge in [-0.15, -0.1) is 0 Å². The fourth-order valence-electron chi connectivity index (χ4n) is 3.81. The van der Waals surface area contributed by atoms with Crippen molar-refractivity contribution < 1.29 is 24.0 Å². The first-order valence-electron chi connectivity index (χ1n) is 10.3. The summed E-state index contributed by atoms with van der Waals surface area (Å²) in [7, 11) is 0. The molecule has 0 bridgehead atoms. The van der Waals surface area contributed by atoms with Gasteiger partial charge in [0.25, 0.3) is 5.91 Å². The Labute approximate surface area is 176 Å². The zero-order valence-corrected chi connectivity index (χ0v) is 17.5. The molecule has 2 aliphatic heterocycles. The molecule has 1 saturated heterocycles. The van der Waals surface area contributed by atoms with Crippen molar-refractivity contribution in [3.05, 3.63) is 59.2 Å². The molecule has 1 fully saturated rings. The summed E-state index contributed by atoms with van der Waals surface area (Å²) in [5.41, 5.74) is 4.20. The quantitative estimate of drug-likeness (QED) is 0.578. The van der Waals surface area contributed by atoms with Crippen LogP contribution in [0.5, 0.6) is 11.5 Å². The van der Waals surface area contributed by atoms with Crippen LogP contribution in [0.25, 0.3) is 0 Å². The Morgan fingerprint density at radius 1 is 1.13 bits per heavy atom. The molecule has 7 nitrogen and oxygen atoms in total. The van der Waals surface area contributed by atoms with Gasteiger partial charge in [0, 0.05) is 11.1 Å². The number of oxime groups is 1. The maximum absolute atomic E-state index is 12.5. The molecular formula is C23H28N3O4+. The molecule has 4 rings (SSSR count). The average molecular weight is 410 g/mol. The van der Waals surface area contributed by atoms with Crippen LogP contribution in [-0.4, -0.2) is 56.1 Å². The zero-order chi connectivity index (χ0) is 20.9. The van der Waals surface area contributed by atoms with Gasteiger partial charge in [-0.25, -0.2) is 0 Å². The SMILES string of the molecule is C/C(=N/OCC(=O)N1CC[NH+](Cc2cccc(C)c2)CC1)c1ccc2c(c1)OCO2. The largest absolute Gasteiger partial charge is 0.454 e. The summed E-state index contributed by atoms with van der Waals surface area (Å²) in [6, 6.07) is 14.2. The standard InChI is InChI=1S/C23H27N3O4/c1-17-4-3-5-19(12-17)14-25-8-10-26(11-9-25)23(27)15-30-24-18(2)20-6-7-21-22(13-20)29-16-28-21/h3-7,12-13H,8-11,14-16H2,1-2H3/p+1/b24-18-. The lowest BCUT2D eigenvalue weighted by atomic mass is 10.1. The van der Waals surface area contributed by atoms with Crippen LogP contribution in [0.1, 0.15) is 23.6 Å². The predicted molar refractivity (Wildman–Crippen MR) is 113 cm³/mol. The van der Waals surface area contributed by atoms with Crippen molar-refractivity contribution in [2.45, 2.75) is 20.4 Å². The summed E-state index contributed by atoms with van der Waals surface area (Å²) < 4.78 is 10.7. The van der Waals surface area contributed by atoms with E-state index in [1.54, 1.807) is 0 Å². The molecule has 2 heterocycles.